The molecule has 0 radical (unpaired) electrons. The first-order valence-electron chi connectivity index (χ1n) is 6.96. The van der Waals surface area contributed by atoms with E-state index in [4.69, 9.17) is 4.74 Å². The third kappa shape index (κ3) is 3.36. The van der Waals surface area contributed by atoms with Gasteiger partial charge >= 0.3 is 0 Å². The van der Waals surface area contributed by atoms with Crippen LogP contribution in [0.2, 0.25) is 0 Å². The molecular weight excluding hydrogens is 257 g/mol. The Balaban J connectivity index is 1.70. The summed E-state index contributed by atoms with van der Waals surface area (Å²) >= 11 is 0. The van der Waals surface area contributed by atoms with Gasteiger partial charge in [-0.15, -0.1) is 0 Å². The van der Waals surface area contributed by atoms with Crippen molar-refractivity contribution in [1.82, 2.24) is 15.1 Å². The lowest BCUT2D eigenvalue weighted by atomic mass is 10.2. The first-order chi connectivity index (χ1) is 9.72. The first-order valence-corrected chi connectivity index (χ1v) is 6.96. The van der Waals surface area contributed by atoms with E-state index in [-0.39, 0.29) is 5.82 Å². The van der Waals surface area contributed by atoms with Crippen molar-refractivity contribution in [2.24, 2.45) is 0 Å². The van der Waals surface area contributed by atoms with Gasteiger partial charge < -0.3 is 10.1 Å². The van der Waals surface area contributed by atoms with Crippen molar-refractivity contribution >= 4 is 0 Å². The molecular formula is C15H18FN3O. The fourth-order valence-electron chi connectivity index (χ4n) is 2.04. The molecule has 1 heterocycles. The smallest absolute Gasteiger partial charge is 0.165 e. The standard InChI is InChI=1S/C15H18FN3O/c1-2-19-10-15(9-18-19)20-14-6-11(5-12(16)7-14)8-17-13-3-4-13/h5-7,9-10,13,17H,2-4,8H2,1H3. The Morgan fingerprint density at radius 2 is 2.20 bits per heavy atom. The van der Waals surface area contributed by atoms with Gasteiger partial charge in [-0.25, -0.2) is 4.39 Å². The number of benzene rings is 1. The van der Waals surface area contributed by atoms with E-state index in [1.807, 2.05) is 13.0 Å². The zero-order valence-electron chi connectivity index (χ0n) is 11.5. The highest BCUT2D eigenvalue weighted by Crippen LogP contribution is 2.24. The number of hydrogen-bond donors (Lipinski definition) is 1. The van der Waals surface area contributed by atoms with E-state index < -0.39 is 0 Å². The Morgan fingerprint density at radius 1 is 1.35 bits per heavy atom. The molecule has 1 aliphatic rings. The number of aryl methyl sites for hydroxylation is 1. The van der Waals surface area contributed by atoms with E-state index in [0.717, 1.165) is 12.1 Å². The van der Waals surface area contributed by atoms with Crippen molar-refractivity contribution in [2.45, 2.75) is 38.9 Å². The SMILES string of the molecule is CCn1cc(Oc2cc(F)cc(CNC3CC3)c2)cn1. The normalized spacial score (nSPS) is 14.5. The van der Waals surface area contributed by atoms with Crippen LogP contribution in [0.5, 0.6) is 11.5 Å². The number of rotatable bonds is 6. The molecule has 2 aromatic rings. The molecule has 0 bridgehead atoms. The van der Waals surface area contributed by atoms with Crippen LogP contribution in [-0.2, 0) is 13.1 Å². The Bertz CT molecular complexity index is 593. The second-order valence-corrected chi connectivity index (χ2v) is 5.08. The van der Waals surface area contributed by atoms with Gasteiger partial charge in [0.1, 0.15) is 11.6 Å². The Morgan fingerprint density at radius 3 is 2.90 bits per heavy atom. The summed E-state index contributed by atoms with van der Waals surface area (Å²) in [5.74, 6) is 0.852. The van der Waals surface area contributed by atoms with Crippen LogP contribution in [0, 0.1) is 5.82 Å². The molecule has 3 rings (SSSR count). The summed E-state index contributed by atoms with van der Waals surface area (Å²) < 4.78 is 21.0. The van der Waals surface area contributed by atoms with Crippen LogP contribution < -0.4 is 10.1 Å². The van der Waals surface area contributed by atoms with Crippen LogP contribution in [0.1, 0.15) is 25.3 Å². The zero-order chi connectivity index (χ0) is 13.9. The summed E-state index contributed by atoms with van der Waals surface area (Å²) in [7, 11) is 0. The molecule has 0 unspecified atom stereocenters. The minimum Gasteiger partial charge on any atom is -0.454 e. The average molecular weight is 275 g/mol. The number of aromatic nitrogens is 2. The molecule has 5 heteroatoms. The molecule has 0 aliphatic heterocycles. The van der Waals surface area contributed by atoms with Crippen molar-refractivity contribution < 1.29 is 9.13 Å². The van der Waals surface area contributed by atoms with Crippen LogP contribution in [0.4, 0.5) is 4.39 Å². The minimum absolute atomic E-state index is 0.280. The second kappa shape index (κ2) is 5.63. The second-order valence-electron chi connectivity index (χ2n) is 5.08. The van der Waals surface area contributed by atoms with Crippen LogP contribution in [0.25, 0.3) is 0 Å². The Labute approximate surface area is 117 Å². The highest BCUT2D eigenvalue weighted by molar-refractivity contribution is 5.33. The Kier molecular flexibility index (Phi) is 3.69. The molecule has 0 saturated heterocycles. The van der Waals surface area contributed by atoms with Crippen molar-refractivity contribution in [3.63, 3.8) is 0 Å². The maximum Gasteiger partial charge on any atom is 0.165 e. The number of hydrogen-bond acceptors (Lipinski definition) is 3. The predicted molar refractivity (Wildman–Crippen MR) is 74.2 cm³/mol. The van der Waals surface area contributed by atoms with Gasteiger partial charge in [-0.2, -0.15) is 5.10 Å². The fourth-order valence-corrected chi connectivity index (χ4v) is 2.04. The molecule has 0 atom stereocenters. The molecule has 1 aromatic carbocycles. The number of halogens is 1. The predicted octanol–water partition coefficient (Wildman–Crippen LogP) is 3.09. The van der Waals surface area contributed by atoms with E-state index in [9.17, 15) is 4.39 Å². The molecule has 20 heavy (non-hydrogen) atoms. The molecule has 1 saturated carbocycles. The van der Waals surface area contributed by atoms with Crippen molar-refractivity contribution in [3.8, 4) is 11.5 Å². The van der Waals surface area contributed by atoms with Crippen molar-refractivity contribution in [2.75, 3.05) is 0 Å². The highest BCUT2D eigenvalue weighted by atomic mass is 19.1. The van der Waals surface area contributed by atoms with E-state index >= 15 is 0 Å². The van der Waals surface area contributed by atoms with Crippen LogP contribution in [-0.4, -0.2) is 15.8 Å². The van der Waals surface area contributed by atoms with Crippen molar-refractivity contribution in [3.05, 3.63) is 42.0 Å². The van der Waals surface area contributed by atoms with Gasteiger partial charge in [0.15, 0.2) is 5.75 Å². The van der Waals surface area contributed by atoms with E-state index in [0.29, 0.717) is 24.1 Å². The van der Waals surface area contributed by atoms with Crippen molar-refractivity contribution in [1.29, 1.82) is 0 Å². The molecule has 0 spiro atoms. The van der Waals surface area contributed by atoms with Gasteiger partial charge in [0, 0.05) is 25.2 Å². The molecule has 106 valence electrons. The van der Waals surface area contributed by atoms with Gasteiger partial charge in [-0.3, -0.25) is 4.68 Å². The molecule has 4 nitrogen and oxygen atoms in total. The van der Waals surface area contributed by atoms with Crippen LogP contribution in [0.3, 0.4) is 0 Å². The highest BCUT2D eigenvalue weighted by Gasteiger charge is 2.20. The monoisotopic (exact) mass is 275 g/mol. The summed E-state index contributed by atoms with van der Waals surface area (Å²) in [5.41, 5.74) is 0.898. The van der Waals surface area contributed by atoms with E-state index in [2.05, 4.69) is 10.4 Å². The minimum atomic E-state index is -0.280. The topological polar surface area (TPSA) is 39.1 Å². The molecule has 1 aromatic heterocycles. The lowest BCUT2D eigenvalue weighted by Crippen LogP contribution is -2.15. The largest absolute Gasteiger partial charge is 0.454 e. The van der Waals surface area contributed by atoms with E-state index in [1.165, 1.54) is 25.0 Å². The first kappa shape index (κ1) is 13.1. The summed E-state index contributed by atoms with van der Waals surface area (Å²) in [4.78, 5) is 0. The van der Waals surface area contributed by atoms with Crippen LogP contribution in [0.15, 0.2) is 30.6 Å². The average Bonchev–Trinajstić information content (AvgIpc) is 3.15. The third-order valence-corrected chi connectivity index (χ3v) is 3.27. The zero-order valence-corrected chi connectivity index (χ0v) is 11.5. The fraction of sp³-hybridized carbons (Fsp3) is 0.400. The number of nitrogens with zero attached hydrogens (tertiary/aromatic N) is 2. The molecule has 1 aliphatic carbocycles. The van der Waals surface area contributed by atoms with Gasteiger partial charge in [0.2, 0.25) is 0 Å². The maximum absolute atomic E-state index is 13.6. The summed E-state index contributed by atoms with van der Waals surface area (Å²) in [6.45, 7) is 3.46. The number of ether oxygens (including phenoxy) is 1. The van der Waals surface area contributed by atoms with E-state index in [1.54, 1.807) is 17.1 Å². The quantitative estimate of drug-likeness (QED) is 0.880. The van der Waals surface area contributed by atoms with Gasteiger partial charge in [-0.05, 0) is 37.5 Å². The maximum atomic E-state index is 13.6. The summed E-state index contributed by atoms with van der Waals surface area (Å²) in [6, 6.07) is 5.40. The summed E-state index contributed by atoms with van der Waals surface area (Å²) in [6.07, 6.45) is 5.87. The molecule has 1 N–H and O–H groups in total. The van der Waals surface area contributed by atoms with Gasteiger partial charge in [0.05, 0.1) is 12.4 Å². The van der Waals surface area contributed by atoms with Gasteiger partial charge in [0.25, 0.3) is 0 Å². The Hall–Kier alpha value is -1.88. The summed E-state index contributed by atoms with van der Waals surface area (Å²) in [5, 5.41) is 7.49. The lowest BCUT2D eigenvalue weighted by Gasteiger charge is -2.07. The van der Waals surface area contributed by atoms with Crippen LogP contribution >= 0.6 is 0 Å². The third-order valence-electron chi connectivity index (χ3n) is 3.27. The van der Waals surface area contributed by atoms with Gasteiger partial charge in [-0.1, -0.05) is 0 Å². The lowest BCUT2D eigenvalue weighted by molar-refractivity contribution is 0.473. The number of nitrogens with one attached hydrogen (secondary N) is 1. The molecule has 0 amide bonds. The molecule has 1 fully saturated rings.